The fourth-order valence-corrected chi connectivity index (χ4v) is 3.52. The van der Waals surface area contributed by atoms with Crippen LogP contribution in [0.15, 0.2) is 18.2 Å². The second-order valence-electron chi connectivity index (χ2n) is 6.19. The summed E-state index contributed by atoms with van der Waals surface area (Å²) in [7, 11) is 0. The Balaban J connectivity index is 1.69. The molecule has 0 aromatic heterocycles. The first-order chi connectivity index (χ1) is 8.15. The van der Waals surface area contributed by atoms with Crippen LogP contribution in [0.4, 0.5) is 5.69 Å². The fourth-order valence-electron chi connectivity index (χ4n) is 3.52. The Kier molecular flexibility index (Phi) is 2.62. The van der Waals surface area contributed by atoms with Gasteiger partial charge in [-0.25, -0.2) is 0 Å². The van der Waals surface area contributed by atoms with Crippen molar-refractivity contribution >= 4 is 5.69 Å². The fraction of sp³-hybridized carbons (Fsp3) is 0.600. The van der Waals surface area contributed by atoms with Crippen LogP contribution in [0.3, 0.4) is 0 Å². The number of nitrogen functional groups attached to an aromatic ring is 1. The summed E-state index contributed by atoms with van der Waals surface area (Å²) in [5, 5.41) is 0. The molecule has 1 fully saturated rings. The Hall–Kier alpha value is -1.02. The van der Waals surface area contributed by atoms with Crippen LogP contribution in [0.5, 0.6) is 0 Å². The molecule has 2 heteroatoms. The third-order valence-corrected chi connectivity index (χ3v) is 4.43. The van der Waals surface area contributed by atoms with Gasteiger partial charge in [-0.05, 0) is 41.5 Å². The van der Waals surface area contributed by atoms with Crippen molar-refractivity contribution in [2.45, 2.75) is 45.7 Å². The van der Waals surface area contributed by atoms with E-state index in [0.717, 1.165) is 18.8 Å². The van der Waals surface area contributed by atoms with Crippen molar-refractivity contribution in [2.24, 2.45) is 5.41 Å². The molecule has 0 saturated heterocycles. The molecule has 1 aromatic carbocycles. The van der Waals surface area contributed by atoms with Crippen molar-refractivity contribution in [3.8, 4) is 0 Å². The van der Waals surface area contributed by atoms with E-state index in [9.17, 15) is 0 Å². The number of nitrogens with zero attached hydrogens (tertiary/aromatic N) is 1. The maximum atomic E-state index is 5.85. The second-order valence-corrected chi connectivity index (χ2v) is 6.19. The molecule has 92 valence electrons. The number of anilines is 1. The van der Waals surface area contributed by atoms with Crippen LogP contribution in [-0.4, -0.2) is 11.4 Å². The maximum absolute atomic E-state index is 5.85. The minimum Gasteiger partial charge on any atom is -0.399 e. The molecule has 1 heterocycles. The Morgan fingerprint density at radius 1 is 1.18 bits per heavy atom. The lowest BCUT2D eigenvalue weighted by molar-refractivity contribution is 0.168. The van der Waals surface area contributed by atoms with Gasteiger partial charge in [-0.1, -0.05) is 25.8 Å². The molecule has 1 saturated carbocycles. The van der Waals surface area contributed by atoms with E-state index in [1.807, 2.05) is 6.07 Å². The Morgan fingerprint density at radius 3 is 2.65 bits per heavy atom. The average Bonchev–Trinajstić information content (AvgIpc) is 2.84. The summed E-state index contributed by atoms with van der Waals surface area (Å²) >= 11 is 0. The first-order valence-electron chi connectivity index (χ1n) is 6.74. The molecule has 2 N–H and O–H groups in total. The molecule has 17 heavy (non-hydrogen) atoms. The number of benzene rings is 1. The van der Waals surface area contributed by atoms with Gasteiger partial charge in [0.15, 0.2) is 0 Å². The van der Waals surface area contributed by atoms with Crippen LogP contribution < -0.4 is 5.73 Å². The van der Waals surface area contributed by atoms with Gasteiger partial charge in [-0.3, -0.25) is 4.90 Å². The van der Waals surface area contributed by atoms with Crippen LogP contribution in [0, 0.1) is 5.41 Å². The molecule has 1 aliphatic carbocycles. The van der Waals surface area contributed by atoms with E-state index < -0.39 is 0 Å². The highest BCUT2D eigenvalue weighted by Crippen LogP contribution is 2.39. The normalized spacial score (nSPS) is 22.9. The second kappa shape index (κ2) is 4.02. The lowest BCUT2D eigenvalue weighted by atomic mass is 9.88. The minimum absolute atomic E-state index is 0.563. The average molecular weight is 230 g/mol. The quantitative estimate of drug-likeness (QED) is 0.791. The molecule has 1 aromatic rings. The molecular formula is C15H22N2. The van der Waals surface area contributed by atoms with Crippen molar-refractivity contribution in [2.75, 3.05) is 12.3 Å². The first-order valence-corrected chi connectivity index (χ1v) is 6.74. The van der Waals surface area contributed by atoms with Gasteiger partial charge in [0.25, 0.3) is 0 Å². The Labute approximate surface area is 104 Å². The zero-order valence-electron chi connectivity index (χ0n) is 10.7. The molecule has 0 bridgehead atoms. The third kappa shape index (κ3) is 2.19. The van der Waals surface area contributed by atoms with Gasteiger partial charge in [0.2, 0.25) is 0 Å². The zero-order chi connectivity index (χ0) is 11.9. The van der Waals surface area contributed by atoms with Crippen molar-refractivity contribution in [3.05, 3.63) is 29.3 Å². The number of nitrogens with two attached hydrogens (primary N) is 1. The summed E-state index contributed by atoms with van der Waals surface area (Å²) in [4.78, 5) is 2.59. The molecule has 2 aliphatic rings. The van der Waals surface area contributed by atoms with Gasteiger partial charge >= 0.3 is 0 Å². The standard InChI is InChI=1S/C15H22N2/c1-15(6-2-3-7-15)11-17-9-12-4-5-14(16)8-13(12)10-17/h4-5,8H,2-3,6-7,9-11,16H2,1H3. The molecule has 1 aliphatic heterocycles. The summed E-state index contributed by atoms with van der Waals surface area (Å²) in [6.45, 7) is 5.92. The monoisotopic (exact) mass is 230 g/mol. The van der Waals surface area contributed by atoms with Crippen molar-refractivity contribution < 1.29 is 0 Å². The number of fused-ring (bicyclic) bond motifs is 1. The Bertz CT molecular complexity index is 419. The van der Waals surface area contributed by atoms with E-state index in [4.69, 9.17) is 5.73 Å². The van der Waals surface area contributed by atoms with Crippen LogP contribution in [0.2, 0.25) is 0 Å². The Morgan fingerprint density at radius 2 is 1.88 bits per heavy atom. The smallest absolute Gasteiger partial charge is 0.0317 e. The highest BCUT2D eigenvalue weighted by atomic mass is 15.1. The van der Waals surface area contributed by atoms with E-state index in [1.54, 1.807) is 0 Å². The van der Waals surface area contributed by atoms with Crippen molar-refractivity contribution in [3.63, 3.8) is 0 Å². The van der Waals surface area contributed by atoms with Gasteiger partial charge in [0.1, 0.15) is 0 Å². The van der Waals surface area contributed by atoms with Crippen LogP contribution in [0.25, 0.3) is 0 Å². The number of rotatable bonds is 2. The van der Waals surface area contributed by atoms with Gasteiger partial charge in [0.05, 0.1) is 0 Å². The highest BCUT2D eigenvalue weighted by Gasteiger charge is 2.32. The first kappa shape index (κ1) is 11.1. The lowest BCUT2D eigenvalue weighted by Gasteiger charge is -2.29. The number of hydrogen-bond donors (Lipinski definition) is 1. The molecule has 3 rings (SSSR count). The molecule has 0 unspecified atom stereocenters. The van der Waals surface area contributed by atoms with Crippen LogP contribution in [0.1, 0.15) is 43.7 Å². The minimum atomic E-state index is 0.563. The van der Waals surface area contributed by atoms with Gasteiger partial charge < -0.3 is 5.73 Å². The third-order valence-electron chi connectivity index (χ3n) is 4.43. The molecule has 2 nitrogen and oxygen atoms in total. The zero-order valence-corrected chi connectivity index (χ0v) is 10.7. The SMILES string of the molecule is CC1(CN2Cc3ccc(N)cc3C2)CCCC1. The van der Waals surface area contributed by atoms with Crippen molar-refractivity contribution in [1.82, 2.24) is 4.90 Å². The van der Waals surface area contributed by atoms with Gasteiger partial charge in [0, 0.05) is 25.3 Å². The lowest BCUT2D eigenvalue weighted by Crippen LogP contribution is -2.30. The summed E-state index contributed by atoms with van der Waals surface area (Å²) in [5.74, 6) is 0. The summed E-state index contributed by atoms with van der Waals surface area (Å²) in [6, 6.07) is 6.37. The predicted molar refractivity (Wildman–Crippen MR) is 71.5 cm³/mol. The molecule has 0 spiro atoms. The molecular weight excluding hydrogens is 208 g/mol. The highest BCUT2D eigenvalue weighted by molar-refractivity contribution is 5.46. The van der Waals surface area contributed by atoms with E-state index in [0.29, 0.717) is 5.41 Å². The molecule has 0 amide bonds. The van der Waals surface area contributed by atoms with E-state index in [-0.39, 0.29) is 0 Å². The van der Waals surface area contributed by atoms with Crippen LogP contribution in [-0.2, 0) is 13.1 Å². The maximum Gasteiger partial charge on any atom is 0.0317 e. The van der Waals surface area contributed by atoms with Gasteiger partial charge in [-0.2, -0.15) is 0 Å². The topological polar surface area (TPSA) is 29.3 Å². The largest absolute Gasteiger partial charge is 0.399 e. The molecule has 0 radical (unpaired) electrons. The van der Waals surface area contributed by atoms with Crippen molar-refractivity contribution in [1.29, 1.82) is 0 Å². The van der Waals surface area contributed by atoms with E-state index >= 15 is 0 Å². The molecule has 0 atom stereocenters. The van der Waals surface area contributed by atoms with E-state index in [1.165, 1.54) is 43.4 Å². The number of hydrogen-bond acceptors (Lipinski definition) is 2. The van der Waals surface area contributed by atoms with Crippen LogP contribution >= 0.6 is 0 Å². The van der Waals surface area contributed by atoms with Gasteiger partial charge in [-0.15, -0.1) is 0 Å². The summed E-state index contributed by atoms with van der Waals surface area (Å²) in [6.07, 6.45) is 5.65. The summed E-state index contributed by atoms with van der Waals surface area (Å²) < 4.78 is 0. The van der Waals surface area contributed by atoms with E-state index in [2.05, 4.69) is 24.0 Å². The summed E-state index contributed by atoms with van der Waals surface area (Å²) in [5.41, 5.74) is 10.2. The predicted octanol–water partition coefficient (Wildman–Crippen LogP) is 3.16.